The van der Waals surface area contributed by atoms with Gasteiger partial charge >= 0.3 is 0 Å². The number of benzene rings is 2. The predicted molar refractivity (Wildman–Crippen MR) is 120 cm³/mol. The average molecular weight is 415 g/mol. The molecule has 0 saturated heterocycles. The summed E-state index contributed by atoms with van der Waals surface area (Å²) in [5, 5.41) is 12.4. The first-order valence-corrected chi connectivity index (χ1v) is 10.2. The third kappa shape index (κ3) is 3.86. The molecule has 0 aliphatic carbocycles. The zero-order valence-electron chi connectivity index (χ0n) is 18.1. The van der Waals surface area contributed by atoms with E-state index in [1.165, 1.54) is 4.68 Å². The maximum absolute atomic E-state index is 13.3. The molecule has 1 unspecified atom stereocenters. The zero-order valence-corrected chi connectivity index (χ0v) is 18.1. The van der Waals surface area contributed by atoms with E-state index in [4.69, 9.17) is 0 Å². The van der Waals surface area contributed by atoms with Crippen LogP contribution in [0.25, 0.3) is 16.6 Å². The minimum Gasteiger partial charge on any atom is -0.350 e. The van der Waals surface area contributed by atoms with Crippen LogP contribution < -0.4 is 10.9 Å². The van der Waals surface area contributed by atoms with Crippen molar-refractivity contribution in [2.24, 2.45) is 0 Å². The Hall–Kier alpha value is -3.74. The number of carbonyl (C=O) groups excluding carboxylic acids is 1. The number of nitrogens with one attached hydrogen (secondary N) is 1. The van der Waals surface area contributed by atoms with E-state index in [0.29, 0.717) is 23.1 Å². The van der Waals surface area contributed by atoms with Gasteiger partial charge in [0.2, 0.25) is 5.91 Å². The summed E-state index contributed by atoms with van der Waals surface area (Å²) in [5.74, 6) is -0.261. The van der Waals surface area contributed by atoms with Crippen LogP contribution in [-0.2, 0) is 11.3 Å². The molecule has 4 rings (SSSR count). The van der Waals surface area contributed by atoms with E-state index in [9.17, 15) is 9.59 Å². The van der Waals surface area contributed by atoms with Gasteiger partial charge in [-0.25, -0.2) is 9.36 Å². The van der Waals surface area contributed by atoms with E-state index < -0.39 is 6.04 Å². The summed E-state index contributed by atoms with van der Waals surface area (Å²) in [4.78, 5) is 26.1. The highest BCUT2D eigenvalue weighted by atomic mass is 16.2. The SMILES string of the molecule is Cc1cccc(CNC(=O)C(C)n2nc(C)c3nn(-c4ccccc4)c(C)c3c2=O)c1. The highest BCUT2D eigenvalue weighted by molar-refractivity contribution is 5.84. The van der Waals surface area contributed by atoms with Crippen molar-refractivity contribution in [3.05, 3.63) is 87.5 Å². The summed E-state index contributed by atoms with van der Waals surface area (Å²) >= 11 is 0. The summed E-state index contributed by atoms with van der Waals surface area (Å²) in [6, 6.07) is 16.8. The molecule has 1 amide bonds. The standard InChI is InChI=1S/C24H25N5O2/c1-15-9-8-10-19(13-15)14-25-23(30)18(4)29-24(31)21-17(3)28(20-11-6-5-7-12-20)27-22(21)16(2)26-29/h5-13,18H,14H2,1-4H3,(H,25,30). The monoisotopic (exact) mass is 415 g/mol. The van der Waals surface area contributed by atoms with Crippen LogP contribution in [0.3, 0.4) is 0 Å². The molecule has 4 aromatic rings. The number of amides is 1. The number of carbonyl (C=O) groups is 1. The normalized spacial score (nSPS) is 12.1. The molecule has 2 aromatic carbocycles. The fourth-order valence-electron chi connectivity index (χ4n) is 3.73. The molecule has 1 atom stereocenters. The number of para-hydroxylation sites is 1. The molecule has 0 spiro atoms. The fourth-order valence-corrected chi connectivity index (χ4v) is 3.73. The average Bonchev–Trinajstić information content (AvgIpc) is 3.13. The van der Waals surface area contributed by atoms with Crippen LogP contribution in [-0.4, -0.2) is 25.5 Å². The van der Waals surface area contributed by atoms with Crippen molar-refractivity contribution < 1.29 is 4.79 Å². The number of rotatable bonds is 5. The predicted octanol–water partition coefficient (Wildman–Crippen LogP) is 3.38. The second-order valence-electron chi connectivity index (χ2n) is 7.77. The molecule has 31 heavy (non-hydrogen) atoms. The highest BCUT2D eigenvalue weighted by Gasteiger charge is 2.23. The molecule has 0 saturated carbocycles. The van der Waals surface area contributed by atoms with Crippen LogP contribution in [0.4, 0.5) is 0 Å². The maximum Gasteiger partial charge on any atom is 0.278 e. The molecule has 7 nitrogen and oxygen atoms in total. The molecule has 7 heteroatoms. The lowest BCUT2D eigenvalue weighted by Gasteiger charge is -2.15. The van der Waals surface area contributed by atoms with E-state index >= 15 is 0 Å². The number of hydrogen-bond acceptors (Lipinski definition) is 4. The largest absolute Gasteiger partial charge is 0.350 e. The minimum absolute atomic E-state index is 0.261. The molecule has 0 radical (unpaired) electrons. The van der Waals surface area contributed by atoms with E-state index in [-0.39, 0.29) is 11.5 Å². The first-order valence-electron chi connectivity index (χ1n) is 10.2. The van der Waals surface area contributed by atoms with Crippen molar-refractivity contribution in [1.29, 1.82) is 0 Å². The Balaban J connectivity index is 1.67. The molecule has 2 aromatic heterocycles. The molecule has 1 N–H and O–H groups in total. The van der Waals surface area contributed by atoms with Gasteiger partial charge in [0, 0.05) is 6.54 Å². The molecule has 158 valence electrons. The Kier molecular flexibility index (Phi) is 5.42. The summed E-state index contributed by atoms with van der Waals surface area (Å²) in [5.41, 5.74) is 4.56. The van der Waals surface area contributed by atoms with Gasteiger partial charge in [-0.3, -0.25) is 9.59 Å². The van der Waals surface area contributed by atoms with Crippen molar-refractivity contribution in [3.63, 3.8) is 0 Å². The minimum atomic E-state index is -0.750. The number of fused-ring (bicyclic) bond motifs is 1. The first kappa shape index (κ1) is 20.5. The van der Waals surface area contributed by atoms with Crippen LogP contribution in [0.5, 0.6) is 0 Å². The van der Waals surface area contributed by atoms with Gasteiger partial charge in [-0.15, -0.1) is 0 Å². The van der Waals surface area contributed by atoms with Crippen molar-refractivity contribution in [3.8, 4) is 5.69 Å². The Bertz CT molecular complexity index is 1320. The molecule has 0 aliphatic rings. The molecule has 0 fully saturated rings. The topological polar surface area (TPSA) is 81.8 Å². The summed E-state index contributed by atoms with van der Waals surface area (Å²) in [6.07, 6.45) is 0. The lowest BCUT2D eigenvalue weighted by molar-refractivity contribution is -0.124. The number of aryl methyl sites for hydroxylation is 3. The maximum atomic E-state index is 13.3. The van der Waals surface area contributed by atoms with E-state index in [0.717, 1.165) is 22.5 Å². The van der Waals surface area contributed by atoms with Gasteiger partial charge in [-0.2, -0.15) is 10.2 Å². The lowest BCUT2D eigenvalue weighted by atomic mass is 10.1. The summed E-state index contributed by atoms with van der Waals surface area (Å²) in [6.45, 7) is 7.74. The van der Waals surface area contributed by atoms with Gasteiger partial charge in [0.1, 0.15) is 11.6 Å². The summed E-state index contributed by atoms with van der Waals surface area (Å²) in [7, 11) is 0. The quantitative estimate of drug-likeness (QED) is 0.542. The second kappa shape index (κ2) is 8.18. The van der Waals surface area contributed by atoms with Gasteiger partial charge in [-0.1, -0.05) is 48.0 Å². The Morgan fingerprint density at radius 2 is 1.77 bits per heavy atom. The fraction of sp³-hybridized carbons (Fsp3) is 0.250. The van der Waals surface area contributed by atoms with E-state index in [2.05, 4.69) is 15.5 Å². The van der Waals surface area contributed by atoms with Gasteiger partial charge in [0.05, 0.1) is 22.5 Å². The van der Waals surface area contributed by atoms with Crippen LogP contribution >= 0.6 is 0 Å². The van der Waals surface area contributed by atoms with E-state index in [1.807, 2.05) is 68.4 Å². The van der Waals surface area contributed by atoms with Gasteiger partial charge < -0.3 is 5.32 Å². The highest BCUT2D eigenvalue weighted by Crippen LogP contribution is 2.20. The Morgan fingerprint density at radius 1 is 1.03 bits per heavy atom. The number of hydrogen-bond donors (Lipinski definition) is 1. The molecular weight excluding hydrogens is 390 g/mol. The van der Waals surface area contributed by atoms with Crippen LogP contribution in [0.15, 0.2) is 59.4 Å². The second-order valence-corrected chi connectivity index (χ2v) is 7.77. The van der Waals surface area contributed by atoms with Crippen LogP contribution in [0, 0.1) is 20.8 Å². The molecule has 2 heterocycles. The van der Waals surface area contributed by atoms with Gasteiger partial charge in [-0.05, 0) is 45.4 Å². The Labute approximate surface area is 180 Å². The lowest BCUT2D eigenvalue weighted by Crippen LogP contribution is -2.37. The van der Waals surface area contributed by atoms with Gasteiger partial charge in [0.25, 0.3) is 5.56 Å². The van der Waals surface area contributed by atoms with Crippen molar-refractivity contribution in [1.82, 2.24) is 24.9 Å². The van der Waals surface area contributed by atoms with Crippen molar-refractivity contribution in [2.75, 3.05) is 0 Å². The Morgan fingerprint density at radius 3 is 2.48 bits per heavy atom. The number of aromatic nitrogens is 4. The molecule has 0 bridgehead atoms. The molecule has 0 aliphatic heterocycles. The smallest absolute Gasteiger partial charge is 0.278 e. The molecular formula is C24H25N5O2. The third-order valence-corrected chi connectivity index (χ3v) is 5.43. The van der Waals surface area contributed by atoms with Crippen molar-refractivity contribution in [2.45, 2.75) is 40.3 Å². The van der Waals surface area contributed by atoms with E-state index in [1.54, 1.807) is 18.5 Å². The van der Waals surface area contributed by atoms with Crippen molar-refractivity contribution >= 4 is 16.8 Å². The first-order chi connectivity index (χ1) is 14.9. The van der Waals surface area contributed by atoms with Crippen LogP contribution in [0.1, 0.15) is 35.5 Å². The summed E-state index contributed by atoms with van der Waals surface area (Å²) < 4.78 is 3.00. The van der Waals surface area contributed by atoms with Gasteiger partial charge in [0.15, 0.2) is 0 Å². The van der Waals surface area contributed by atoms with Crippen LogP contribution in [0.2, 0.25) is 0 Å². The number of nitrogens with zero attached hydrogens (tertiary/aromatic N) is 4. The zero-order chi connectivity index (χ0) is 22.1. The third-order valence-electron chi connectivity index (χ3n) is 5.43.